The van der Waals surface area contributed by atoms with Crippen molar-refractivity contribution < 1.29 is 17.9 Å². The predicted molar refractivity (Wildman–Crippen MR) is 98.0 cm³/mol. The molecule has 0 bridgehead atoms. The molecule has 2 N–H and O–H groups in total. The highest BCUT2D eigenvalue weighted by molar-refractivity contribution is 7.89. The SMILES string of the molecule is Cc1cc(F)ccc1S(=O)(=O)NCC(O)(c1ccsc1)c1cccs1. The first kappa shape index (κ1) is 18.2. The number of aliphatic hydroxyl groups is 1. The van der Waals surface area contributed by atoms with E-state index in [4.69, 9.17) is 0 Å². The van der Waals surface area contributed by atoms with Crippen LogP contribution in [0.5, 0.6) is 0 Å². The van der Waals surface area contributed by atoms with Gasteiger partial charge in [-0.3, -0.25) is 0 Å². The Morgan fingerprint density at radius 3 is 2.64 bits per heavy atom. The average Bonchev–Trinajstić information content (AvgIpc) is 3.26. The molecule has 0 saturated heterocycles. The van der Waals surface area contributed by atoms with Crippen LogP contribution in [0.15, 0.2) is 57.4 Å². The summed E-state index contributed by atoms with van der Waals surface area (Å²) >= 11 is 2.77. The third-order valence-corrected chi connectivity index (χ3v) is 7.14. The lowest BCUT2D eigenvalue weighted by Gasteiger charge is -2.27. The van der Waals surface area contributed by atoms with Crippen molar-refractivity contribution in [3.63, 3.8) is 0 Å². The molecule has 0 fully saturated rings. The maximum atomic E-state index is 13.2. The number of hydrogen-bond donors (Lipinski definition) is 2. The minimum absolute atomic E-state index is 0.00671. The number of thiophene rings is 2. The summed E-state index contributed by atoms with van der Waals surface area (Å²) in [5, 5.41) is 16.6. The van der Waals surface area contributed by atoms with Gasteiger partial charge < -0.3 is 5.11 Å². The molecule has 0 saturated carbocycles. The van der Waals surface area contributed by atoms with Gasteiger partial charge in [-0.1, -0.05) is 6.07 Å². The van der Waals surface area contributed by atoms with Crippen LogP contribution in [0.2, 0.25) is 0 Å². The summed E-state index contributed by atoms with van der Waals surface area (Å²) in [5.74, 6) is -0.496. The van der Waals surface area contributed by atoms with Crippen LogP contribution in [-0.2, 0) is 15.6 Å². The predicted octanol–water partition coefficient (Wildman–Crippen LogP) is 3.47. The van der Waals surface area contributed by atoms with Gasteiger partial charge in [-0.2, -0.15) is 11.3 Å². The Balaban J connectivity index is 1.91. The molecule has 0 radical (unpaired) electrons. The minimum atomic E-state index is -3.89. The van der Waals surface area contributed by atoms with Crippen LogP contribution in [0.4, 0.5) is 4.39 Å². The van der Waals surface area contributed by atoms with Crippen LogP contribution in [0.25, 0.3) is 0 Å². The lowest BCUT2D eigenvalue weighted by Crippen LogP contribution is -2.41. The third-order valence-electron chi connectivity index (χ3n) is 3.87. The number of halogens is 1. The molecule has 25 heavy (non-hydrogen) atoms. The molecule has 0 aliphatic carbocycles. The summed E-state index contributed by atoms with van der Waals surface area (Å²) in [4.78, 5) is 0.636. The number of benzene rings is 1. The molecule has 1 aromatic carbocycles. The standard InChI is InChI=1S/C17H16FNO3S3/c1-12-9-14(18)4-5-15(12)25(21,22)19-11-17(20,13-6-8-23-10-13)16-3-2-7-24-16/h2-10,19-20H,11H2,1H3. The summed E-state index contributed by atoms with van der Waals surface area (Å²) in [5.41, 5.74) is -0.531. The average molecular weight is 398 g/mol. The van der Waals surface area contributed by atoms with Crippen LogP contribution < -0.4 is 4.72 Å². The normalized spacial score (nSPS) is 14.4. The molecule has 1 unspecified atom stereocenters. The van der Waals surface area contributed by atoms with Crippen molar-refractivity contribution in [2.75, 3.05) is 6.54 Å². The second-order valence-corrected chi connectivity index (χ2v) is 9.05. The maximum absolute atomic E-state index is 13.2. The fourth-order valence-electron chi connectivity index (χ4n) is 2.54. The first-order valence-electron chi connectivity index (χ1n) is 7.38. The van der Waals surface area contributed by atoms with E-state index in [1.54, 1.807) is 23.6 Å². The smallest absolute Gasteiger partial charge is 0.240 e. The van der Waals surface area contributed by atoms with Gasteiger partial charge in [-0.25, -0.2) is 17.5 Å². The van der Waals surface area contributed by atoms with Gasteiger partial charge in [0.2, 0.25) is 10.0 Å². The molecular formula is C17H16FNO3S3. The lowest BCUT2D eigenvalue weighted by molar-refractivity contribution is 0.0903. The second kappa shape index (κ2) is 6.97. The van der Waals surface area contributed by atoms with Crippen LogP contribution in [-0.4, -0.2) is 20.1 Å². The van der Waals surface area contributed by atoms with Crippen LogP contribution in [0.3, 0.4) is 0 Å². The zero-order valence-electron chi connectivity index (χ0n) is 13.3. The quantitative estimate of drug-likeness (QED) is 0.669. The zero-order valence-corrected chi connectivity index (χ0v) is 15.7. The second-order valence-electron chi connectivity index (χ2n) is 5.58. The highest BCUT2D eigenvalue weighted by atomic mass is 32.2. The van der Waals surface area contributed by atoms with E-state index in [2.05, 4.69) is 4.72 Å². The highest BCUT2D eigenvalue weighted by Gasteiger charge is 2.35. The van der Waals surface area contributed by atoms with Gasteiger partial charge in [-0.05, 0) is 59.0 Å². The molecule has 2 heterocycles. The van der Waals surface area contributed by atoms with E-state index in [9.17, 15) is 17.9 Å². The lowest BCUT2D eigenvalue weighted by atomic mass is 9.95. The number of hydrogen-bond acceptors (Lipinski definition) is 5. The Kier molecular flexibility index (Phi) is 5.08. The van der Waals surface area contributed by atoms with Crippen molar-refractivity contribution >= 4 is 32.7 Å². The molecule has 4 nitrogen and oxygen atoms in total. The van der Waals surface area contributed by atoms with Crippen molar-refractivity contribution in [1.29, 1.82) is 0 Å². The van der Waals surface area contributed by atoms with E-state index >= 15 is 0 Å². The summed E-state index contributed by atoms with van der Waals surface area (Å²) in [6.45, 7) is 1.31. The van der Waals surface area contributed by atoms with Crippen molar-refractivity contribution in [2.24, 2.45) is 0 Å². The van der Waals surface area contributed by atoms with E-state index in [1.165, 1.54) is 41.7 Å². The number of aryl methyl sites for hydroxylation is 1. The summed E-state index contributed by atoms with van der Waals surface area (Å²) < 4.78 is 40.9. The zero-order chi connectivity index (χ0) is 18.1. The largest absolute Gasteiger partial charge is 0.378 e. The van der Waals surface area contributed by atoms with E-state index in [0.717, 1.165) is 6.07 Å². The van der Waals surface area contributed by atoms with Crippen molar-refractivity contribution in [3.8, 4) is 0 Å². The minimum Gasteiger partial charge on any atom is -0.378 e. The van der Waals surface area contributed by atoms with Gasteiger partial charge in [0.15, 0.2) is 0 Å². The van der Waals surface area contributed by atoms with E-state index < -0.39 is 21.4 Å². The van der Waals surface area contributed by atoms with Crippen LogP contribution in [0.1, 0.15) is 16.0 Å². The Morgan fingerprint density at radius 2 is 2.04 bits per heavy atom. The first-order valence-corrected chi connectivity index (χ1v) is 10.7. The van der Waals surface area contributed by atoms with Gasteiger partial charge in [-0.15, -0.1) is 11.3 Å². The molecule has 1 atom stereocenters. The van der Waals surface area contributed by atoms with Gasteiger partial charge in [0.1, 0.15) is 11.4 Å². The molecule has 0 amide bonds. The highest BCUT2D eigenvalue weighted by Crippen LogP contribution is 2.34. The fourth-order valence-corrected chi connectivity index (χ4v) is 5.39. The molecule has 0 aliphatic heterocycles. The van der Waals surface area contributed by atoms with Crippen molar-refractivity contribution in [1.82, 2.24) is 4.72 Å². The molecule has 2 aromatic heterocycles. The topological polar surface area (TPSA) is 66.4 Å². The number of nitrogens with one attached hydrogen (secondary N) is 1. The first-order chi connectivity index (χ1) is 11.8. The molecule has 0 spiro atoms. The van der Waals surface area contributed by atoms with Crippen LogP contribution >= 0.6 is 22.7 Å². The van der Waals surface area contributed by atoms with Gasteiger partial charge >= 0.3 is 0 Å². The van der Waals surface area contributed by atoms with Gasteiger partial charge in [0.05, 0.1) is 4.90 Å². The molecule has 132 valence electrons. The number of rotatable bonds is 6. The van der Waals surface area contributed by atoms with Gasteiger partial charge in [0.25, 0.3) is 0 Å². The third kappa shape index (κ3) is 3.68. The van der Waals surface area contributed by atoms with Crippen LogP contribution in [0, 0.1) is 12.7 Å². The summed E-state index contributed by atoms with van der Waals surface area (Å²) in [6, 6.07) is 8.82. The van der Waals surface area contributed by atoms with Gasteiger partial charge in [0, 0.05) is 17.0 Å². The van der Waals surface area contributed by atoms with Crippen molar-refractivity contribution in [2.45, 2.75) is 17.4 Å². The maximum Gasteiger partial charge on any atom is 0.240 e. The number of sulfonamides is 1. The summed E-state index contributed by atoms with van der Waals surface area (Å²) in [6.07, 6.45) is 0. The van der Waals surface area contributed by atoms with E-state index in [0.29, 0.717) is 16.0 Å². The van der Waals surface area contributed by atoms with E-state index in [1.807, 2.05) is 10.8 Å². The van der Waals surface area contributed by atoms with E-state index in [-0.39, 0.29) is 11.4 Å². The Morgan fingerprint density at radius 1 is 1.24 bits per heavy atom. The Hall–Kier alpha value is -1.58. The molecule has 0 aliphatic rings. The monoisotopic (exact) mass is 397 g/mol. The molecule has 8 heteroatoms. The molecule has 3 aromatic rings. The fraction of sp³-hybridized carbons (Fsp3) is 0.176. The molecular weight excluding hydrogens is 381 g/mol. The summed E-state index contributed by atoms with van der Waals surface area (Å²) in [7, 11) is -3.89. The molecule has 3 rings (SSSR count). The van der Waals surface area contributed by atoms with Crippen molar-refractivity contribution in [3.05, 3.63) is 74.4 Å². The Bertz CT molecular complexity index is 917. The Labute approximate surface area is 153 Å².